The summed E-state index contributed by atoms with van der Waals surface area (Å²) in [6.07, 6.45) is 6.28. The number of rotatable bonds is 2. The van der Waals surface area contributed by atoms with Crippen molar-refractivity contribution in [2.75, 3.05) is 24.6 Å². The second kappa shape index (κ2) is 6.39. The highest BCUT2D eigenvalue weighted by Gasteiger charge is 2.23. The van der Waals surface area contributed by atoms with Gasteiger partial charge in [-0.05, 0) is 6.42 Å². The highest BCUT2D eigenvalue weighted by atomic mass is 35.5. The van der Waals surface area contributed by atoms with E-state index in [1.165, 1.54) is 0 Å². The number of pyridine rings is 1. The van der Waals surface area contributed by atoms with E-state index in [9.17, 15) is 5.11 Å². The Morgan fingerprint density at radius 2 is 2.27 bits per heavy atom. The number of aryl methyl sites for hydroxylation is 1. The molecule has 114 valence electrons. The van der Waals surface area contributed by atoms with Gasteiger partial charge in [0.25, 0.3) is 0 Å². The third-order valence-corrected chi connectivity index (χ3v) is 3.99. The van der Waals surface area contributed by atoms with Crippen molar-refractivity contribution in [3.63, 3.8) is 0 Å². The van der Waals surface area contributed by atoms with Gasteiger partial charge in [-0.1, -0.05) is 23.4 Å². The van der Waals surface area contributed by atoms with Gasteiger partial charge in [0.1, 0.15) is 5.15 Å². The molecular formula is C16H17ClN4O. The molecule has 1 unspecified atom stereocenters. The Hall–Kier alpha value is -2.03. The van der Waals surface area contributed by atoms with Crippen molar-refractivity contribution in [3.05, 3.63) is 40.9 Å². The Kier molecular flexibility index (Phi) is 4.32. The Morgan fingerprint density at radius 1 is 1.41 bits per heavy atom. The molecule has 5 nitrogen and oxygen atoms in total. The molecule has 0 amide bonds. The van der Waals surface area contributed by atoms with Crippen LogP contribution in [0.15, 0.2) is 24.7 Å². The molecule has 1 atom stereocenters. The largest absolute Gasteiger partial charge is 0.396 e. The number of halogens is 1. The van der Waals surface area contributed by atoms with Gasteiger partial charge in [0.2, 0.25) is 0 Å². The Bertz CT molecular complexity index is 731. The highest BCUT2D eigenvalue weighted by Crippen LogP contribution is 2.28. The molecule has 0 radical (unpaired) electrons. The zero-order chi connectivity index (χ0) is 15.5. The van der Waals surface area contributed by atoms with E-state index < -0.39 is 0 Å². The van der Waals surface area contributed by atoms with Crippen LogP contribution in [-0.2, 0) is 7.05 Å². The Balaban J connectivity index is 1.90. The van der Waals surface area contributed by atoms with Gasteiger partial charge in [-0.15, -0.1) is 0 Å². The van der Waals surface area contributed by atoms with Crippen LogP contribution in [0, 0.1) is 17.8 Å². The smallest absolute Gasteiger partial charge is 0.131 e. The van der Waals surface area contributed by atoms with Crippen molar-refractivity contribution < 1.29 is 5.11 Å². The van der Waals surface area contributed by atoms with Crippen molar-refractivity contribution in [3.8, 4) is 11.8 Å². The molecule has 1 N–H and O–H groups in total. The molecule has 0 spiro atoms. The average Bonchev–Trinajstić information content (AvgIpc) is 3.14. The van der Waals surface area contributed by atoms with Gasteiger partial charge in [-0.3, -0.25) is 4.68 Å². The fourth-order valence-corrected chi connectivity index (χ4v) is 2.76. The molecule has 3 rings (SSSR count). The molecule has 1 fully saturated rings. The third-order valence-electron chi connectivity index (χ3n) is 3.78. The van der Waals surface area contributed by atoms with Crippen LogP contribution >= 0.6 is 11.6 Å². The van der Waals surface area contributed by atoms with Gasteiger partial charge in [-0.25, -0.2) is 4.98 Å². The number of hydrogen-bond donors (Lipinski definition) is 1. The van der Waals surface area contributed by atoms with Gasteiger partial charge in [0, 0.05) is 51.1 Å². The van der Waals surface area contributed by atoms with Crippen molar-refractivity contribution in [1.82, 2.24) is 14.8 Å². The number of aliphatic hydroxyl groups is 1. The highest BCUT2D eigenvalue weighted by molar-refractivity contribution is 6.29. The van der Waals surface area contributed by atoms with E-state index in [1.54, 1.807) is 17.1 Å². The topological polar surface area (TPSA) is 54.2 Å². The monoisotopic (exact) mass is 316 g/mol. The molecule has 0 saturated carbocycles. The zero-order valence-corrected chi connectivity index (χ0v) is 13.1. The SMILES string of the molecule is Cn1cc(C#Cc2cnc(Cl)cc2N2CCC(CO)C2)cn1. The van der Waals surface area contributed by atoms with Crippen molar-refractivity contribution >= 4 is 17.3 Å². The summed E-state index contributed by atoms with van der Waals surface area (Å²) in [6, 6.07) is 1.84. The second-order valence-corrected chi connectivity index (χ2v) is 5.85. The molecule has 0 bridgehead atoms. The number of nitrogens with zero attached hydrogens (tertiary/aromatic N) is 4. The standard InChI is InChI=1S/C16H17ClN4O/c1-20-9-12(7-19-20)2-3-14-8-18-16(17)6-15(14)21-5-4-13(10-21)11-22/h6-9,13,22H,4-5,10-11H2,1H3. The minimum Gasteiger partial charge on any atom is -0.396 e. The van der Waals surface area contributed by atoms with E-state index in [2.05, 4.69) is 26.8 Å². The number of aromatic nitrogens is 3. The Labute approximate surface area is 134 Å². The first kappa shape index (κ1) is 14.9. The van der Waals surface area contributed by atoms with Crippen LogP contribution in [0.3, 0.4) is 0 Å². The molecular weight excluding hydrogens is 300 g/mol. The quantitative estimate of drug-likeness (QED) is 0.676. The third kappa shape index (κ3) is 3.24. The van der Waals surface area contributed by atoms with Crippen molar-refractivity contribution in [2.45, 2.75) is 6.42 Å². The minimum absolute atomic E-state index is 0.214. The average molecular weight is 317 g/mol. The van der Waals surface area contributed by atoms with E-state index in [4.69, 9.17) is 11.6 Å². The lowest BCUT2D eigenvalue weighted by atomic mass is 10.1. The first-order valence-electron chi connectivity index (χ1n) is 7.17. The lowest BCUT2D eigenvalue weighted by Crippen LogP contribution is -2.21. The van der Waals surface area contributed by atoms with Crippen LogP contribution in [0.25, 0.3) is 0 Å². The Morgan fingerprint density at radius 3 is 2.95 bits per heavy atom. The fraction of sp³-hybridized carbons (Fsp3) is 0.375. The van der Waals surface area contributed by atoms with Gasteiger partial charge < -0.3 is 10.0 Å². The van der Waals surface area contributed by atoms with Gasteiger partial charge in [-0.2, -0.15) is 5.10 Å². The maximum absolute atomic E-state index is 9.31. The van der Waals surface area contributed by atoms with E-state index in [0.717, 1.165) is 36.3 Å². The summed E-state index contributed by atoms with van der Waals surface area (Å²) in [5.74, 6) is 6.56. The molecule has 3 heterocycles. The lowest BCUT2D eigenvalue weighted by molar-refractivity contribution is 0.238. The summed E-state index contributed by atoms with van der Waals surface area (Å²) < 4.78 is 1.72. The summed E-state index contributed by atoms with van der Waals surface area (Å²) in [5.41, 5.74) is 2.68. The first-order chi connectivity index (χ1) is 10.7. The molecule has 0 aliphatic carbocycles. The lowest BCUT2D eigenvalue weighted by Gasteiger charge is -2.20. The number of aliphatic hydroxyl groups excluding tert-OH is 1. The summed E-state index contributed by atoms with van der Waals surface area (Å²) >= 11 is 6.04. The van der Waals surface area contributed by atoms with Crippen LogP contribution in [0.1, 0.15) is 17.5 Å². The molecule has 0 aromatic carbocycles. The summed E-state index contributed by atoms with van der Waals surface area (Å²) in [4.78, 5) is 6.34. The second-order valence-electron chi connectivity index (χ2n) is 5.46. The van der Waals surface area contributed by atoms with E-state index in [-0.39, 0.29) is 6.61 Å². The van der Waals surface area contributed by atoms with Gasteiger partial charge in [0.15, 0.2) is 0 Å². The molecule has 6 heteroatoms. The molecule has 1 aliphatic heterocycles. The van der Waals surface area contributed by atoms with Gasteiger partial charge >= 0.3 is 0 Å². The van der Waals surface area contributed by atoms with Crippen molar-refractivity contribution in [1.29, 1.82) is 0 Å². The van der Waals surface area contributed by atoms with Crippen LogP contribution in [-0.4, -0.2) is 39.6 Å². The van der Waals surface area contributed by atoms with Gasteiger partial charge in [0.05, 0.1) is 23.0 Å². The predicted molar refractivity (Wildman–Crippen MR) is 85.8 cm³/mol. The summed E-state index contributed by atoms with van der Waals surface area (Å²) in [6.45, 7) is 1.93. The molecule has 1 aliphatic rings. The maximum atomic E-state index is 9.31. The fourth-order valence-electron chi connectivity index (χ4n) is 2.60. The normalized spacial score (nSPS) is 17.4. The van der Waals surface area contributed by atoms with Crippen LogP contribution in [0.5, 0.6) is 0 Å². The van der Waals surface area contributed by atoms with E-state index in [0.29, 0.717) is 11.1 Å². The van der Waals surface area contributed by atoms with Crippen LogP contribution < -0.4 is 4.90 Å². The minimum atomic E-state index is 0.214. The van der Waals surface area contributed by atoms with E-state index in [1.807, 2.05) is 19.3 Å². The number of hydrogen-bond acceptors (Lipinski definition) is 4. The predicted octanol–water partition coefficient (Wildman–Crippen LogP) is 1.69. The summed E-state index contributed by atoms with van der Waals surface area (Å²) in [7, 11) is 1.86. The van der Waals surface area contributed by atoms with Crippen LogP contribution in [0.4, 0.5) is 5.69 Å². The molecule has 1 saturated heterocycles. The first-order valence-corrected chi connectivity index (χ1v) is 7.55. The summed E-state index contributed by atoms with van der Waals surface area (Å²) in [5, 5.41) is 13.9. The van der Waals surface area contributed by atoms with Crippen LogP contribution in [0.2, 0.25) is 5.15 Å². The van der Waals surface area contributed by atoms with Crippen molar-refractivity contribution in [2.24, 2.45) is 13.0 Å². The molecule has 2 aromatic rings. The van der Waals surface area contributed by atoms with E-state index >= 15 is 0 Å². The zero-order valence-electron chi connectivity index (χ0n) is 12.3. The number of anilines is 1. The maximum Gasteiger partial charge on any atom is 0.131 e. The molecule has 22 heavy (non-hydrogen) atoms. The molecule has 2 aromatic heterocycles.